The van der Waals surface area contributed by atoms with Gasteiger partial charge < -0.3 is 54.7 Å². The maximum atomic E-state index is 14.1. The minimum atomic E-state index is -4.83. The van der Waals surface area contributed by atoms with E-state index in [1.807, 2.05) is 6.92 Å². The van der Waals surface area contributed by atoms with Crippen LogP contribution in [0, 0.1) is 5.92 Å². The summed E-state index contributed by atoms with van der Waals surface area (Å²) in [7, 11) is -9.66. The number of phosphoric ester groups is 2. The molecule has 0 aliphatic carbocycles. The molecule has 4 unspecified atom stereocenters. The largest absolute Gasteiger partial charge is 0.494 e. The van der Waals surface area contributed by atoms with Crippen LogP contribution in [0.25, 0.3) is 0 Å². The van der Waals surface area contributed by atoms with E-state index in [2.05, 4.69) is 87.1 Å². The van der Waals surface area contributed by atoms with E-state index in [-0.39, 0.29) is 94.7 Å². The van der Waals surface area contributed by atoms with Gasteiger partial charge in [0.25, 0.3) is 0 Å². The van der Waals surface area contributed by atoms with Crippen LogP contribution in [0.2, 0.25) is 0 Å². The molecular formula is C95H174N4O19P2. The predicted octanol–water partition coefficient (Wildman–Crippen LogP) is 23.3. The number of esters is 2. The van der Waals surface area contributed by atoms with Crippen molar-refractivity contribution < 1.29 is 89.5 Å². The zero-order valence-electron chi connectivity index (χ0n) is 76.6. The van der Waals surface area contributed by atoms with Crippen molar-refractivity contribution in [1.82, 2.24) is 21.3 Å². The summed E-state index contributed by atoms with van der Waals surface area (Å²) in [6.45, 7) is 13.3. The van der Waals surface area contributed by atoms with Gasteiger partial charge in [-0.05, 0) is 120 Å². The van der Waals surface area contributed by atoms with E-state index >= 15 is 0 Å². The Hall–Kier alpha value is -4.54. The summed E-state index contributed by atoms with van der Waals surface area (Å²) >= 11 is 0. The van der Waals surface area contributed by atoms with Gasteiger partial charge in [-0.2, -0.15) is 0 Å². The summed E-state index contributed by atoms with van der Waals surface area (Å²) in [5.74, 6) is -3.28. The molecule has 0 saturated carbocycles. The van der Waals surface area contributed by atoms with Gasteiger partial charge >= 0.3 is 27.6 Å². The van der Waals surface area contributed by atoms with Crippen molar-refractivity contribution in [3.63, 3.8) is 0 Å². The minimum Gasteiger partial charge on any atom is -0.494 e. The van der Waals surface area contributed by atoms with Crippen molar-refractivity contribution in [1.29, 1.82) is 0 Å². The first-order chi connectivity index (χ1) is 58.3. The highest BCUT2D eigenvalue weighted by Gasteiger charge is 2.31. The molecule has 0 saturated heterocycles. The lowest BCUT2D eigenvalue weighted by Crippen LogP contribution is -2.44. The number of ether oxygens (including phenoxy) is 5. The zero-order chi connectivity index (χ0) is 87.7. The van der Waals surface area contributed by atoms with Crippen molar-refractivity contribution in [2.75, 3.05) is 72.6 Å². The van der Waals surface area contributed by atoms with Gasteiger partial charge in [-0.3, -0.25) is 46.9 Å². The number of carbonyl (C=O) groups excluding carboxylic acids is 6. The number of rotatable bonds is 89. The first-order valence-electron chi connectivity index (χ1n) is 48.3. The first-order valence-corrected chi connectivity index (χ1v) is 51.3. The molecule has 0 aliphatic heterocycles. The third-order valence-corrected chi connectivity index (χ3v) is 23.3. The maximum Gasteiger partial charge on any atom is 0.472 e. The highest BCUT2D eigenvalue weighted by molar-refractivity contribution is 7.47. The normalized spacial score (nSPS) is 14.0. The topological polar surface area (TPSA) is 308 Å². The monoisotopic (exact) mass is 1740 g/mol. The SMILES string of the molecule is CCCCCC/C=C\CCCC(=O)O[C@H](CCCCCCC)CCOCC(COP(=O)(O)OCCNC(=O)C(Cc1ccc(OCCC)cc1)C(=O)NCCOP(=O)(O)OCC(COCC[C@@H](CCCCCCC)OC(=O)CCC/C=C\CCCCCC)NC(=O)CCCCCCCCCCCCC)NC(=O)CCCCCCCCCCCCC. The number of phosphoric acid groups is 2. The molecule has 0 radical (unpaired) electrons. The van der Waals surface area contributed by atoms with E-state index in [4.69, 9.17) is 41.8 Å². The molecule has 0 fully saturated rings. The van der Waals surface area contributed by atoms with Crippen molar-refractivity contribution in [3.8, 4) is 5.75 Å². The second kappa shape index (κ2) is 81.5. The smallest absolute Gasteiger partial charge is 0.472 e. The first kappa shape index (κ1) is 113. The van der Waals surface area contributed by atoms with E-state index in [1.165, 1.54) is 141 Å². The van der Waals surface area contributed by atoms with Gasteiger partial charge in [-0.15, -0.1) is 0 Å². The zero-order valence-corrected chi connectivity index (χ0v) is 78.4. The van der Waals surface area contributed by atoms with Crippen LogP contribution < -0.4 is 26.0 Å². The molecule has 120 heavy (non-hydrogen) atoms. The fraction of sp³-hybridized carbons (Fsp3) is 0.832. The van der Waals surface area contributed by atoms with E-state index < -0.39 is 71.9 Å². The molecule has 0 spiro atoms. The molecule has 0 aromatic heterocycles. The van der Waals surface area contributed by atoms with Gasteiger partial charge in [0.1, 0.15) is 23.9 Å². The lowest BCUT2D eigenvalue weighted by molar-refractivity contribution is -0.151. The number of hydrogen-bond acceptors (Lipinski definition) is 17. The number of benzene rings is 1. The molecule has 1 aromatic carbocycles. The number of unbranched alkanes of at least 4 members (excludes halogenated alkanes) is 38. The maximum absolute atomic E-state index is 14.1. The van der Waals surface area contributed by atoms with Crippen LogP contribution in [-0.2, 0) is 81.4 Å². The Morgan fingerprint density at radius 3 is 1.02 bits per heavy atom. The van der Waals surface area contributed by atoms with Gasteiger partial charge in [0.2, 0.25) is 23.6 Å². The highest BCUT2D eigenvalue weighted by Crippen LogP contribution is 2.44. The molecule has 0 heterocycles. The Morgan fingerprint density at radius 2 is 0.675 bits per heavy atom. The molecule has 0 bridgehead atoms. The quantitative estimate of drug-likeness (QED) is 0.0116. The molecule has 1 aromatic rings. The van der Waals surface area contributed by atoms with Crippen LogP contribution in [0.1, 0.15) is 407 Å². The fourth-order valence-corrected chi connectivity index (χ4v) is 15.6. The Labute approximate surface area is 728 Å². The van der Waals surface area contributed by atoms with Gasteiger partial charge in [-0.25, -0.2) is 9.13 Å². The van der Waals surface area contributed by atoms with Crippen molar-refractivity contribution in [2.24, 2.45) is 5.92 Å². The van der Waals surface area contributed by atoms with Crippen LogP contribution >= 0.6 is 15.6 Å². The molecule has 6 N–H and O–H groups in total. The Kier molecular flexibility index (Phi) is 77.1. The van der Waals surface area contributed by atoms with Gasteiger partial charge in [0, 0.05) is 51.6 Å². The fourth-order valence-electron chi connectivity index (χ4n) is 14.0. The minimum absolute atomic E-state index is 0.0714. The average Bonchev–Trinajstić information content (AvgIpc) is 0.873. The van der Waals surface area contributed by atoms with E-state index in [0.717, 1.165) is 135 Å². The number of carbonyl (C=O) groups is 6. The summed E-state index contributed by atoms with van der Waals surface area (Å²) in [6.07, 6.45) is 62.2. The Bertz CT molecular complexity index is 2630. The Morgan fingerprint density at radius 1 is 0.350 bits per heavy atom. The van der Waals surface area contributed by atoms with E-state index in [1.54, 1.807) is 24.3 Å². The van der Waals surface area contributed by atoms with Crippen LogP contribution in [0.15, 0.2) is 48.6 Å². The van der Waals surface area contributed by atoms with Crippen LogP contribution in [0.5, 0.6) is 5.75 Å². The van der Waals surface area contributed by atoms with Crippen molar-refractivity contribution >= 4 is 51.2 Å². The van der Waals surface area contributed by atoms with Crippen molar-refractivity contribution in [3.05, 3.63) is 54.1 Å². The number of nitrogens with one attached hydrogen (secondary N) is 4. The van der Waals surface area contributed by atoms with E-state index in [0.29, 0.717) is 82.1 Å². The van der Waals surface area contributed by atoms with Gasteiger partial charge in [-0.1, -0.05) is 303 Å². The van der Waals surface area contributed by atoms with Gasteiger partial charge in [0.15, 0.2) is 0 Å². The standard InChI is InChI=1S/C95H174N4O19P2/c1-8-15-21-27-31-35-37-41-43-49-55-61-90(100)98-84(79-110-74-69-87(59-53-47-25-19-12-5)117-92(102)63-57-51-45-39-33-29-23-17-10-3)81-115-119(106,107)113-76-71-96-94(104)89(78-83-65-67-86(68-66-83)112-73-14-7)95(105)97-72-77-114-120(108,109)116-82-85(99-91(101)62-56-50-44-42-38-36-32-28-22-16-9-2)80-111-75-70-88(60-54-48-26-20-13-6)118-93(103)64-58-52-46-40-34-30-24-18-11-4/h39-40,45-46,65-68,84-85,87-89H,8-38,41-44,47-64,69-82H2,1-7H3,(H,96,104)(H,97,105)(H,98,100)(H,99,101)(H,106,107)(H,108,109)/b45-39-,46-40-/t84?,85?,87-,88-,89?/m1/s1. The van der Waals surface area contributed by atoms with Crippen molar-refractivity contribution in [2.45, 2.75) is 432 Å². The second-order valence-corrected chi connectivity index (χ2v) is 35.8. The number of amides is 4. The van der Waals surface area contributed by atoms with Crippen LogP contribution in [0.3, 0.4) is 0 Å². The summed E-state index contributed by atoms with van der Waals surface area (Å²) in [6, 6.07) is 5.21. The van der Waals surface area contributed by atoms with Crippen LogP contribution in [-0.4, -0.2) is 142 Å². The number of allylic oxidation sites excluding steroid dienone is 4. The summed E-state index contributed by atoms with van der Waals surface area (Å²) < 4.78 is 78.8. The lowest BCUT2D eigenvalue weighted by Gasteiger charge is -2.22. The second-order valence-electron chi connectivity index (χ2n) is 32.9. The lowest BCUT2D eigenvalue weighted by atomic mass is 9.97. The molecule has 25 heteroatoms. The van der Waals surface area contributed by atoms with Gasteiger partial charge in [0.05, 0.1) is 71.5 Å². The van der Waals surface area contributed by atoms with Crippen LogP contribution in [0.4, 0.5) is 0 Å². The third kappa shape index (κ3) is 71.7. The molecule has 6 atom stereocenters. The summed E-state index contributed by atoms with van der Waals surface area (Å²) in [5.41, 5.74) is 0.606. The molecule has 4 amide bonds. The number of hydrogen-bond donors (Lipinski definition) is 6. The highest BCUT2D eigenvalue weighted by atomic mass is 31.2. The summed E-state index contributed by atoms with van der Waals surface area (Å²) in [5, 5.41) is 11.1. The Balaban J connectivity index is 3.20. The molecule has 23 nitrogen and oxygen atoms in total. The molecule has 1 rings (SSSR count). The average molecular weight is 1740 g/mol. The predicted molar refractivity (Wildman–Crippen MR) is 486 cm³/mol. The van der Waals surface area contributed by atoms with E-state index in [9.17, 15) is 47.7 Å². The molecule has 0 aliphatic rings. The summed E-state index contributed by atoms with van der Waals surface area (Å²) in [4.78, 5) is 103. The molecular weight excluding hydrogens is 1560 g/mol. The third-order valence-electron chi connectivity index (χ3n) is 21.4. The molecule has 698 valence electrons.